The molecule has 2 atom stereocenters. The smallest absolute Gasteiger partial charge is 0.310 e. The molecule has 0 heterocycles. The number of esters is 1. The third-order valence-electron chi connectivity index (χ3n) is 3.58. The lowest BCUT2D eigenvalue weighted by Gasteiger charge is -2.06. The Morgan fingerprint density at radius 2 is 1.95 bits per heavy atom. The SMILES string of the molecule is CCCCOCCOC(=O)C1C(C=C(Cl)Cl)C1(C)C. The molecule has 0 aromatic rings. The zero-order valence-corrected chi connectivity index (χ0v) is 13.3. The zero-order chi connectivity index (χ0) is 14.5. The van der Waals surface area contributed by atoms with Crippen molar-refractivity contribution in [3.05, 3.63) is 10.6 Å². The van der Waals surface area contributed by atoms with Crippen molar-refractivity contribution in [1.29, 1.82) is 0 Å². The molecule has 0 aromatic heterocycles. The van der Waals surface area contributed by atoms with Crippen LogP contribution in [0.25, 0.3) is 0 Å². The highest BCUT2D eigenvalue weighted by Gasteiger charge is 2.61. The number of carbonyl (C=O) groups is 1. The van der Waals surface area contributed by atoms with Gasteiger partial charge in [-0.2, -0.15) is 0 Å². The van der Waals surface area contributed by atoms with Crippen LogP contribution in [0.4, 0.5) is 0 Å². The van der Waals surface area contributed by atoms with E-state index >= 15 is 0 Å². The van der Waals surface area contributed by atoms with Crippen LogP contribution < -0.4 is 0 Å². The van der Waals surface area contributed by atoms with Crippen LogP contribution >= 0.6 is 23.2 Å². The van der Waals surface area contributed by atoms with Gasteiger partial charge in [-0.3, -0.25) is 4.79 Å². The number of halogens is 2. The van der Waals surface area contributed by atoms with Crippen molar-refractivity contribution >= 4 is 29.2 Å². The van der Waals surface area contributed by atoms with Crippen molar-refractivity contribution in [2.75, 3.05) is 19.8 Å². The summed E-state index contributed by atoms with van der Waals surface area (Å²) < 4.78 is 10.8. The zero-order valence-electron chi connectivity index (χ0n) is 11.7. The molecule has 0 bridgehead atoms. The summed E-state index contributed by atoms with van der Waals surface area (Å²) in [6.45, 7) is 7.60. The largest absolute Gasteiger partial charge is 0.463 e. The number of hydrogen-bond acceptors (Lipinski definition) is 3. The van der Waals surface area contributed by atoms with E-state index in [4.69, 9.17) is 32.7 Å². The van der Waals surface area contributed by atoms with Crippen LogP contribution in [0.15, 0.2) is 10.6 Å². The number of hydrogen-bond donors (Lipinski definition) is 0. The van der Waals surface area contributed by atoms with Crippen molar-refractivity contribution < 1.29 is 14.3 Å². The van der Waals surface area contributed by atoms with Crippen molar-refractivity contribution in [3.8, 4) is 0 Å². The topological polar surface area (TPSA) is 35.5 Å². The highest BCUT2D eigenvalue weighted by Crippen LogP contribution is 2.60. The van der Waals surface area contributed by atoms with Gasteiger partial charge in [-0.05, 0) is 23.8 Å². The van der Waals surface area contributed by atoms with Gasteiger partial charge < -0.3 is 9.47 Å². The Balaban J connectivity index is 2.26. The Morgan fingerprint density at radius 1 is 1.26 bits per heavy atom. The first-order valence-electron chi connectivity index (χ1n) is 6.68. The lowest BCUT2D eigenvalue weighted by atomic mass is 10.1. The molecule has 3 nitrogen and oxygen atoms in total. The van der Waals surface area contributed by atoms with Gasteiger partial charge in [-0.25, -0.2) is 0 Å². The molecule has 2 unspecified atom stereocenters. The molecule has 5 heteroatoms. The van der Waals surface area contributed by atoms with E-state index < -0.39 is 0 Å². The van der Waals surface area contributed by atoms with Gasteiger partial charge in [0.25, 0.3) is 0 Å². The average Bonchev–Trinajstić information content (AvgIpc) is 2.84. The molecule has 0 saturated heterocycles. The van der Waals surface area contributed by atoms with Crippen molar-refractivity contribution in [2.45, 2.75) is 33.6 Å². The van der Waals surface area contributed by atoms with E-state index in [9.17, 15) is 4.79 Å². The molecule has 0 amide bonds. The van der Waals surface area contributed by atoms with E-state index in [0.29, 0.717) is 13.2 Å². The van der Waals surface area contributed by atoms with Crippen LogP contribution in [0, 0.1) is 17.3 Å². The van der Waals surface area contributed by atoms with Gasteiger partial charge in [0.15, 0.2) is 0 Å². The van der Waals surface area contributed by atoms with Gasteiger partial charge in [0.05, 0.1) is 12.5 Å². The Kier molecular flexibility index (Phi) is 6.64. The predicted molar refractivity (Wildman–Crippen MR) is 77.2 cm³/mol. The molecular formula is C14H22Cl2O3. The third-order valence-corrected chi connectivity index (χ3v) is 3.84. The number of rotatable bonds is 8. The summed E-state index contributed by atoms with van der Waals surface area (Å²) in [7, 11) is 0. The lowest BCUT2D eigenvalue weighted by molar-refractivity contribution is -0.147. The van der Waals surface area contributed by atoms with Gasteiger partial charge >= 0.3 is 5.97 Å². The molecule has 1 fully saturated rings. The Morgan fingerprint density at radius 3 is 2.53 bits per heavy atom. The van der Waals surface area contributed by atoms with E-state index in [2.05, 4.69) is 6.92 Å². The van der Waals surface area contributed by atoms with Crippen molar-refractivity contribution in [1.82, 2.24) is 0 Å². The van der Waals surface area contributed by atoms with E-state index in [0.717, 1.165) is 19.4 Å². The minimum Gasteiger partial charge on any atom is -0.463 e. The standard InChI is InChI=1S/C14H22Cl2O3/c1-4-5-6-18-7-8-19-13(17)12-10(9-11(15)16)14(12,2)3/h9-10,12H,4-8H2,1-3H3. The second kappa shape index (κ2) is 7.51. The summed E-state index contributed by atoms with van der Waals surface area (Å²) in [4.78, 5) is 11.9. The van der Waals surface area contributed by atoms with E-state index in [1.54, 1.807) is 6.08 Å². The first kappa shape index (κ1) is 16.8. The van der Waals surface area contributed by atoms with Crippen LogP contribution in [-0.4, -0.2) is 25.8 Å². The molecule has 1 aliphatic carbocycles. The summed E-state index contributed by atoms with van der Waals surface area (Å²) in [6, 6.07) is 0. The van der Waals surface area contributed by atoms with Crippen molar-refractivity contribution in [3.63, 3.8) is 0 Å². The van der Waals surface area contributed by atoms with Crippen LogP contribution in [0.5, 0.6) is 0 Å². The van der Waals surface area contributed by atoms with Gasteiger partial charge in [-0.1, -0.05) is 50.4 Å². The van der Waals surface area contributed by atoms with Crippen LogP contribution in [0.3, 0.4) is 0 Å². The minimum absolute atomic E-state index is 0.0611. The predicted octanol–water partition coefficient (Wildman–Crippen LogP) is 3.94. The molecular weight excluding hydrogens is 287 g/mol. The molecule has 1 saturated carbocycles. The van der Waals surface area contributed by atoms with E-state index in [1.165, 1.54) is 0 Å². The minimum atomic E-state index is -0.195. The second-order valence-electron chi connectivity index (χ2n) is 5.41. The summed E-state index contributed by atoms with van der Waals surface area (Å²) in [5, 5.41) is 0. The normalized spacial score (nSPS) is 23.8. The van der Waals surface area contributed by atoms with Gasteiger partial charge in [0.2, 0.25) is 0 Å². The molecule has 0 aliphatic heterocycles. The highest BCUT2D eigenvalue weighted by molar-refractivity contribution is 6.55. The fourth-order valence-corrected chi connectivity index (χ4v) is 2.49. The van der Waals surface area contributed by atoms with Crippen LogP contribution in [-0.2, 0) is 14.3 Å². The lowest BCUT2D eigenvalue weighted by Crippen LogP contribution is -2.14. The number of carbonyl (C=O) groups excluding carboxylic acids is 1. The van der Waals surface area contributed by atoms with E-state index in [-0.39, 0.29) is 27.7 Å². The molecule has 0 spiro atoms. The third kappa shape index (κ3) is 4.97. The number of allylic oxidation sites excluding steroid dienone is 1. The maximum absolute atomic E-state index is 11.9. The maximum Gasteiger partial charge on any atom is 0.310 e. The summed E-state index contributed by atoms with van der Waals surface area (Å²) >= 11 is 11.3. The second-order valence-corrected chi connectivity index (χ2v) is 6.42. The summed E-state index contributed by atoms with van der Waals surface area (Å²) in [5.41, 5.74) is -0.130. The summed E-state index contributed by atoms with van der Waals surface area (Å²) in [6.07, 6.45) is 3.85. The molecule has 110 valence electrons. The molecule has 0 N–H and O–H groups in total. The number of unbranched alkanes of at least 4 members (excludes halogenated alkanes) is 1. The highest BCUT2D eigenvalue weighted by atomic mass is 35.5. The Labute approximate surface area is 125 Å². The van der Waals surface area contributed by atoms with E-state index in [1.807, 2.05) is 13.8 Å². The average molecular weight is 309 g/mol. The monoisotopic (exact) mass is 308 g/mol. The molecule has 19 heavy (non-hydrogen) atoms. The van der Waals surface area contributed by atoms with Gasteiger partial charge in [-0.15, -0.1) is 0 Å². The molecule has 0 radical (unpaired) electrons. The molecule has 0 aromatic carbocycles. The van der Waals surface area contributed by atoms with Crippen LogP contribution in [0.1, 0.15) is 33.6 Å². The maximum atomic E-state index is 11.9. The fraction of sp³-hybridized carbons (Fsp3) is 0.786. The van der Waals surface area contributed by atoms with Gasteiger partial charge in [0.1, 0.15) is 11.1 Å². The first-order valence-corrected chi connectivity index (χ1v) is 7.44. The fourth-order valence-electron chi connectivity index (χ4n) is 2.21. The molecule has 1 rings (SSSR count). The van der Waals surface area contributed by atoms with Crippen LogP contribution in [0.2, 0.25) is 0 Å². The number of ether oxygens (including phenoxy) is 2. The quantitative estimate of drug-likeness (QED) is 0.503. The Bertz CT molecular complexity index is 336. The van der Waals surface area contributed by atoms with Crippen molar-refractivity contribution in [2.24, 2.45) is 17.3 Å². The van der Waals surface area contributed by atoms with Gasteiger partial charge in [0, 0.05) is 6.61 Å². The summed E-state index contributed by atoms with van der Waals surface area (Å²) in [5.74, 6) is -0.290. The Hall–Kier alpha value is -0.250. The molecule has 1 aliphatic rings. The first-order chi connectivity index (χ1) is 8.91.